The van der Waals surface area contributed by atoms with E-state index < -0.39 is 10.0 Å². The number of sulfonamides is 1. The molecule has 2 aliphatic rings. The number of nitrogens with zero attached hydrogens (tertiary/aromatic N) is 2. The molecule has 2 aliphatic heterocycles. The van der Waals surface area contributed by atoms with Gasteiger partial charge in [0.2, 0.25) is 16.8 Å². The van der Waals surface area contributed by atoms with Gasteiger partial charge in [0, 0.05) is 51.5 Å². The molecule has 2 heterocycles. The fourth-order valence-electron chi connectivity index (χ4n) is 3.66. The Kier molecular flexibility index (Phi) is 6.14. The number of benzene rings is 2. The quantitative estimate of drug-likeness (QED) is 0.714. The Morgan fingerprint density at radius 3 is 2.43 bits per heavy atom. The van der Waals surface area contributed by atoms with E-state index in [-0.39, 0.29) is 24.3 Å². The van der Waals surface area contributed by atoms with Crippen molar-refractivity contribution < 1.29 is 22.6 Å². The molecule has 0 saturated carbocycles. The molecule has 0 unspecified atom stereocenters. The van der Waals surface area contributed by atoms with Crippen molar-refractivity contribution >= 4 is 15.7 Å². The van der Waals surface area contributed by atoms with Gasteiger partial charge >= 0.3 is 0 Å². The lowest BCUT2D eigenvalue weighted by molar-refractivity contribution is 0.0172. The van der Waals surface area contributed by atoms with E-state index in [1.807, 2.05) is 19.0 Å². The molecule has 30 heavy (non-hydrogen) atoms. The summed E-state index contributed by atoms with van der Waals surface area (Å²) in [6.07, 6.45) is 0. The molecular formula is C21H27N3O5S. The van der Waals surface area contributed by atoms with Crippen LogP contribution in [0, 0.1) is 0 Å². The lowest BCUT2D eigenvalue weighted by Gasteiger charge is -2.35. The zero-order valence-electron chi connectivity index (χ0n) is 17.2. The van der Waals surface area contributed by atoms with Gasteiger partial charge in [-0.1, -0.05) is 12.1 Å². The summed E-state index contributed by atoms with van der Waals surface area (Å²) in [5.41, 5.74) is 2.16. The number of ether oxygens (including phenoxy) is 3. The van der Waals surface area contributed by atoms with E-state index in [1.165, 1.54) is 12.1 Å². The molecule has 2 aromatic rings. The second kappa shape index (κ2) is 8.81. The maximum atomic E-state index is 12.9. The van der Waals surface area contributed by atoms with Gasteiger partial charge in [0.1, 0.15) is 0 Å². The minimum Gasteiger partial charge on any atom is -0.454 e. The van der Waals surface area contributed by atoms with Crippen molar-refractivity contribution in [1.29, 1.82) is 0 Å². The molecule has 1 atom stereocenters. The summed E-state index contributed by atoms with van der Waals surface area (Å²) < 4.78 is 44.7. The number of morpholine rings is 1. The fraction of sp³-hybridized carbons (Fsp3) is 0.429. The molecule has 9 heteroatoms. The largest absolute Gasteiger partial charge is 0.454 e. The molecule has 2 aromatic carbocycles. The van der Waals surface area contributed by atoms with Crippen LogP contribution in [0.4, 0.5) is 5.69 Å². The molecular weight excluding hydrogens is 406 g/mol. The van der Waals surface area contributed by atoms with Crippen molar-refractivity contribution in [3.8, 4) is 11.5 Å². The van der Waals surface area contributed by atoms with Crippen molar-refractivity contribution in [2.75, 3.05) is 58.6 Å². The first kappa shape index (κ1) is 20.9. The number of rotatable bonds is 7. The molecule has 1 N–H and O–H groups in total. The van der Waals surface area contributed by atoms with Crippen LogP contribution in [0.1, 0.15) is 11.6 Å². The summed E-state index contributed by atoms with van der Waals surface area (Å²) in [6, 6.07) is 12.8. The Morgan fingerprint density at radius 1 is 1.03 bits per heavy atom. The van der Waals surface area contributed by atoms with Crippen molar-refractivity contribution in [3.63, 3.8) is 0 Å². The zero-order valence-corrected chi connectivity index (χ0v) is 18.0. The maximum absolute atomic E-state index is 12.9. The SMILES string of the molecule is CN(C)c1ccc([C@@H](CNS(=O)(=O)c2ccc3c(c2)OCO3)N2CCOCC2)cc1. The van der Waals surface area contributed by atoms with E-state index in [1.54, 1.807) is 6.07 Å². The summed E-state index contributed by atoms with van der Waals surface area (Å²) in [5.74, 6) is 1.00. The highest BCUT2D eigenvalue weighted by Gasteiger charge is 2.26. The number of nitrogens with one attached hydrogen (secondary N) is 1. The topological polar surface area (TPSA) is 80.3 Å². The van der Waals surface area contributed by atoms with Gasteiger partial charge in [-0.05, 0) is 29.8 Å². The number of hydrogen-bond acceptors (Lipinski definition) is 7. The van der Waals surface area contributed by atoms with Crippen LogP contribution < -0.4 is 19.1 Å². The first-order valence-electron chi connectivity index (χ1n) is 9.92. The molecule has 8 nitrogen and oxygen atoms in total. The highest BCUT2D eigenvalue weighted by molar-refractivity contribution is 7.89. The number of fused-ring (bicyclic) bond motifs is 1. The van der Waals surface area contributed by atoms with E-state index in [9.17, 15) is 8.42 Å². The Labute approximate surface area is 177 Å². The van der Waals surface area contributed by atoms with Crippen molar-refractivity contribution in [1.82, 2.24) is 9.62 Å². The molecule has 0 bridgehead atoms. The summed E-state index contributed by atoms with van der Waals surface area (Å²) in [6.45, 7) is 3.16. The van der Waals surface area contributed by atoms with Crippen LogP contribution in [0.25, 0.3) is 0 Å². The van der Waals surface area contributed by atoms with E-state index in [4.69, 9.17) is 14.2 Å². The predicted octanol–water partition coefficient (Wildman–Crippen LogP) is 1.83. The van der Waals surface area contributed by atoms with Gasteiger partial charge in [-0.2, -0.15) is 0 Å². The molecule has 0 radical (unpaired) electrons. The van der Waals surface area contributed by atoms with Crippen LogP contribution in [0.5, 0.6) is 11.5 Å². The van der Waals surface area contributed by atoms with E-state index in [0.717, 1.165) is 24.3 Å². The van der Waals surface area contributed by atoms with Crippen LogP contribution in [0.15, 0.2) is 47.4 Å². The average molecular weight is 434 g/mol. The zero-order chi connectivity index (χ0) is 21.1. The minimum absolute atomic E-state index is 0.0890. The summed E-state index contributed by atoms with van der Waals surface area (Å²) in [4.78, 5) is 4.46. The first-order valence-corrected chi connectivity index (χ1v) is 11.4. The molecule has 0 aromatic heterocycles. The monoisotopic (exact) mass is 433 g/mol. The van der Waals surface area contributed by atoms with Gasteiger partial charge < -0.3 is 19.1 Å². The van der Waals surface area contributed by atoms with Crippen molar-refractivity contribution in [2.45, 2.75) is 10.9 Å². The molecule has 0 amide bonds. The molecule has 162 valence electrons. The molecule has 4 rings (SSSR count). The van der Waals surface area contributed by atoms with Gasteiger partial charge in [0.05, 0.1) is 18.1 Å². The summed E-state index contributed by atoms with van der Waals surface area (Å²) >= 11 is 0. The Balaban J connectivity index is 1.53. The second-order valence-electron chi connectivity index (χ2n) is 7.52. The molecule has 1 saturated heterocycles. The van der Waals surface area contributed by atoms with Crippen molar-refractivity contribution in [3.05, 3.63) is 48.0 Å². The van der Waals surface area contributed by atoms with Gasteiger partial charge in [-0.3, -0.25) is 4.90 Å². The number of anilines is 1. The van der Waals surface area contributed by atoms with E-state index >= 15 is 0 Å². The minimum atomic E-state index is -3.70. The van der Waals surface area contributed by atoms with Crippen LogP contribution in [-0.4, -0.2) is 67.1 Å². The Bertz CT molecular complexity index is 973. The smallest absolute Gasteiger partial charge is 0.240 e. The second-order valence-corrected chi connectivity index (χ2v) is 9.28. The Hall–Kier alpha value is -2.33. The first-order chi connectivity index (χ1) is 14.4. The summed E-state index contributed by atoms with van der Waals surface area (Å²) in [5, 5.41) is 0. The van der Waals surface area contributed by atoms with Gasteiger partial charge in [0.25, 0.3) is 0 Å². The highest BCUT2D eigenvalue weighted by atomic mass is 32.2. The lowest BCUT2D eigenvalue weighted by Crippen LogP contribution is -2.43. The van der Waals surface area contributed by atoms with Gasteiger partial charge in [-0.25, -0.2) is 13.1 Å². The third kappa shape index (κ3) is 4.54. The van der Waals surface area contributed by atoms with Gasteiger partial charge in [0.15, 0.2) is 11.5 Å². The average Bonchev–Trinajstić information content (AvgIpc) is 3.23. The fourth-order valence-corrected chi connectivity index (χ4v) is 4.71. The van der Waals surface area contributed by atoms with E-state index in [2.05, 4.69) is 33.9 Å². The molecule has 1 fully saturated rings. The molecule has 0 aliphatic carbocycles. The van der Waals surface area contributed by atoms with Crippen LogP contribution >= 0.6 is 0 Å². The van der Waals surface area contributed by atoms with Crippen LogP contribution in [-0.2, 0) is 14.8 Å². The normalized spacial score (nSPS) is 17.7. The summed E-state index contributed by atoms with van der Waals surface area (Å²) in [7, 11) is 0.291. The van der Waals surface area contributed by atoms with Gasteiger partial charge in [-0.15, -0.1) is 0 Å². The van der Waals surface area contributed by atoms with E-state index in [0.29, 0.717) is 24.7 Å². The highest BCUT2D eigenvalue weighted by Crippen LogP contribution is 2.34. The Morgan fingerprint density at radius 2 is 1.73 bits per heavy atom. The third-order valence-corrected chi connectivity index (χ3v) is 6.82. The maximum Gasteiger partial charge on any atom is 0.240 e. The van der Waals surface area contributed by atoms with Crippen molar-refractivity contribution in [2.24, 2.45) is 0 Å². The predicted molar refractivity (Wildman–Crippen MR) is 114 cm³/mol. The standard InChI is InChI=1S/C21H27N3O5S/c1-23(2)17-5-3-16(4-6-17)19(24-9-11-27-12-10-24)14-22-30(25,26)18-7-8-20-21(13-18)29-15-28-20/h3-8,13,19,22H,9-12,14-15H2,1-2H3/t19-/m1/s1. The van der Waals surface area contributed by atoms with Crippen LogP contribution in [0.2, 0.25) is 0 Å². The molecule has 0 spiro atoms. The lowest BCUT2D eigenvalue weighted by atomic mass is 10.0. The van der Waals surface area contributed by atoms with Crippen LogP contribution in [0.3, 0.4) is 0 Å². The number of hydrogen-bond donors (Lipinski definition) is 1. The third-order valence-electron chi connectivity index (χ3n) is 5.40.